The van der Waals surface area contributed by atoms with Crippen LogP contribution in [0.2, 0.25) is 5.02 Å². The number of fused-ring (bicyclic) bond motifs is 1. The Hall–Kier alpha value is -2.82. The lowest BCUT2D eigenvalue weighted by atomic mass is 10.1. The van der Waals surface area contributed by atoms with Gasteiger partial charge < -0.3 is 14.8 Å². The van der Waals surface area contributed by atoms with Gasteiger partial charge in [-0.05, 0) is 68.9 Å². The number of aromatic nitrogens is 3. The molecule has 0 saturated heterocycles. The van der Waals surface area contributed by atoms with Gasteiger partial charge in [0.05, 0.1) is 17.9 Å². The van der Waals surface area contributed by atoms with Crippen LogP contribution in [-0.2, 0) is 35.5 Å². The highest BCUT2D eigenvalue weighted by atomic mass is 35.5. The third kappa shape index (κ3) is 6.78. The highest BCUT2D eigenvalue weighted by molar-refractivity contribution is 7.99. The van der Waals surface area contributed by atoms with Crippen molar-refractivity contribution in [2.45, 2.75) is 64.3 Å². The normalized spacial score (nSPS) is 12.9. The molecule has 8 nitrogen and oxygen atoms in total. The van der Waals surface area contributed by atoms with Gasteiger partial charge in [-0.2, -0.15) is 0 Å². The highest BCUT2D eigenvalue weighted by Gasteiger charge is 2.27. The molecule has 1 aliphatic carbocycles. The molecule has 0 saturated carbocycles. The number of amides is 1. The number of benzene rings is 1. The van der Waals surface area contributed by atoms with Crippen molar-refractivity contribution in [1.82, 2.24) is 14.8 Å². The largest absolute Gasteiger partial charge is 0.486 e. The van der Waals surface area contributed by atoms with Crippen LogP contribution in [0.4, 0.5) is 5.00 Å². The van der Waals surface area contributed by atoms with Crippen molar-refractivity contribution in [3.8, 4) is 5.75 Å². The van der Waals surface area contributed by atoms with E-state index < -0.39 is 0 Å². The molecule has 0 unspecified atom stereocenters. The number of rotatable bonds is 11. The quantitative estimate of drug-likeness (QED) is 0.125. The zero-order valence-electron chi connectivity index (χ0n) is 21.5. The number of nitrogens with zero attached hydrogens (tertiary/aromatic N) is 3. The van der Waals surface area contributed by atoms with Crippen LogP contribution in [0.3, 0.4) is 0 Å². The predicted molar refractivity (Wildman–Crippen MR) is 152 cm³/mol. The molecule has 0 aliphatic heterocycles. The van der Waals surface area contributed by atoms with E-state index in [1.54, 1.807) is 25.1 Å². The molecule has 1 N–H and O–H groups in total. The summed E-state index contributed by atoms with van der Waals surface area (Å²) in [6, 6.07) is 5.46. The van der Waals surface area contributed by atoms with Gasteiger partial charge in [0.15, 0.2) is 11.0 Å². The number of carbonyl (C=O) groups excluding carboxylic acids is 2. The standard InChI is InChI=1S/C27H31ClN4O4S2/c1-4-13-32-22(15-36-18-11-12-20(28)17(3)14-18)30-31-27(32)37-16-23(33)29-25-24(26(34)35-5-2)19-9-7-6-8-10-21(19)38-25/h4,11-12,14H,1,5-10,13,15-16H2,2-3H3,(H,29,33). The van der Waals surface area contributed by atoms with E-state index in [9.17, 15) is 9.59 Å². The summed E-state index contributed by atoms with van der Waals surface area (Å²) in [7, 11) is 0. The third-order valence-electron chi connectivity index (χ3n) is 6.09. The molecule has 1 aromatic carbocycles. The molecular formula is C27H31ClN4O4S2. The number of hydrogen-bond acceptors (Lipinski definition) is 8. The summed E-state index contributed by atoms with van der Waals surface area (Å²) in [5.41, 5.74) is 2.46. The molecule has 202 valence electrons. The van der Waals surface area contributed by atoms with Crippen molar-refractivity contribution in [3.63, 3.8) is 0 Å². The molecule has 0 fully saturated rings. The maximum absolute atomic E-state index is 13.0. The topological polar surface area (TPSA) is 95.3 Å². The maximum atomic E-state index is 13.0. The average molecular weight is 575 g/mol. The number of aryl methyl sites for hydroxylation is 2. The number of nitrogens with one attached hydrogen (secondary N) is 1. The Bertz CT molecular complexity index is 1320. The van der Waals surface area contributed by atoms with Crippen LogP contribution < -0.4 is 10.1 Å². The number of anilines is 1. The lowest BCUT2D eigenvalue weighted by Gasteiger charge is -2.10. The Morgan fingerprint density at radius 2 is 2.08 bits per heavy atom. The van der Waals surface area contributed by atoms with Gasteiger partial charge in [0.25, 0.3) is 0 Å². The molecule has 0 radical (unpaired) electrons. The van der Waals surface area contributed by atoms with Crippen LogP contribution in [-0.4, -0.2) is 39.0 Å². The van der Waals surface area contributed by atoms with E-state index in [0.717, 1.165) is 43.2 Å². The van der Waals surface area contributed by atoms with Gasteiger partial charge in [-0.1, -0.05) is 35.9 Å². The number of carbonyl (C=O) groups is 2. The lowest BCUT2D eigenvalue weighted by Crippen LogP contribution is -2.17. The van der Waals surface area contributed by atoms with Gasteiger partial charge in [-0.3, -0.25) is 9.36 Å². The number of allylic oxidation sites excluding steroid dienone is 1. The summed E-state index contributed by atoms with van der Waals surface area (Å²) in [6.45, 7) is 8.49. The van der Waals surface area contributed by atoms with Crippen LogP contribution in [0, 0.1) is 6.92 Å². The average Bonchev–Trinajstić information content (AvgIpc) is 3.35. The third-order valence-corrected chi connectivity index (χ3v) is 8.69. The van der Waals surface area contributed by atoms with Crippen molar-refractivity contribution in [2.24, 2.45) is 0 Å². The minimum atomic E-state index is -0.374. The Labute approximate surface area is 235 Å². The zero-order valence-corrected chi connectivity index (χ0v) is 23.9. The van der Waals surface area contributed by atoms with Crippen LogP contribution in [0.15, 0.2) is 36.0 Å². The number of halogens is 1. The number of esters is 1. The minimum absolute atomic E-state index is 0.108. The van der Waals surface area contributed by atoms with Crippen molar-refractivity contribution >= 4 is 51.6 Å². The lowest BCUT2D eigenvalue weighted by molar-refractivity contribution is -0.113. The Kier molecular flexibility index (Phi) is 9.87. The fourth-order valence-electron chi connectivity index (χ4n) is 4.24. The first kappa shape index (κ1) is 28.2. The highest BCUT2D eigenvalue weighted by Crippen LogP contribution is 2.38. The Morgan fingerprint density at radius 3 is 2.84 bits per heavy atom. The summed E-state index contributed by atoms with van der Waals surface area (Å²) >= 11 is 8.86. The summed E-state index contributed by atoms with van der Waals surface area (Å²) in [5, 5.41) is 13.3. The van der Waals surface area contributed by atoms with E-state index in [2.05, 4.69) is 22.1 Å². The molecule has 0 atom stereocenters. The molecular weight excluding hydrogens is 544 g/mol. The molecule has 3 aromatic rings. The first-order valence-electron chi connectivity index (χ1n) is 12.6. The molecule has 2 heterocycles. The van der Waals surface area contributed by atoms with Crippen molar-refractivity contribution in [1.29, 1.82) is 0 Å². The molecule has 0 bridgehead atoms. The van der Waals surface area contributed by atoms with Crippen LogP contribution >= 0.6 is 34.7 Å². The number of thioether (sulfide) groups is 1. The van der Waals surface area contributed by atoms with Gasteiger partial charge in [0.1, 0.15) is 17.4 Å². The SMILES string of the molecule is C=CCn1c(COc2ccc(Cl)c(C)c2)nnc1SCC(=O)Nc1sc2c(c1C(=O)OCC)CCCCC2. The molecule has 1 aliphatic rings. The Balaban J connectivity index is 1.43. The summed E-state index contributed by atoms with van der Waals surface area (Å²) in [4.78, 5) is 26.9. The smallest absolute Gasteiger partial charge is 0.341 e. The number of hydrogen-bond donors (Lipinski definition) is 1. The fraction of sp³-hybridized carbons (Fsp3) is 0.407. The van der Waals surface area contributed by atoms with E-state index in [-0.39, 0.29) is 30.8 Å². The van der Waals surface area contributed by atoms with E-state index in [1.165, 1.54) is 28.0 Å². The van der Waals surface area contributed by atoms with Gasteiger partial charge >= 0.3 is 5.97 Å². The molecule has 11 heteroatoms. The minimum Gasteiger partial charge on any atom is -0.486 e. The van der Waals surface area contributed by atoms with E-state index in [0.29, 0.717) is 38.9 Å². The predicted octanol–water partition coefficient (Wildman–Crippen LogP) is 6.24. The second-order valence-electron chi connectivity index (χ2n) is 8.82. The molecule has 38 heavy (non-hydrogen) atoms. The van der Waals surface area contributed by atoms with E-state index in [1.807, 2.05) is 17.6 Å². The maximum Gasteiger partial charge on any atom is 0.341 e. The van der Waals surface area contributed by atoms with Crippen molar-refractivity contribution < 1.29 is 19.1 Å². The number of ether oxygens (including phenoxy) is 2. The van der Waals surface area contributed by atoms with Crippen molar-refractivity contribution in [2.75, 3.05) is 17.7 Å². The van der Waals surface area contributed by atoms with Gasteiger partial charge in [0, 0.05) is 16.4 Å². The first-order chi connectivity index (χ1) is 18.4. The molecule has 1 amide bonds. The Morgan fingerprint density at radius 1 is 1.26 bits per heavy atom. The van der Waals surface area contributed by atoms with Gasteiger partial charge in [-0.15, -0.1) is 28.1 Å². The van der Waals surface area contributed by atoms with Crippen molar-refractivity contribution in [3.05, 3.63) is 63.3 Å². The second-order valence-corrected chi connectivity index (χ2v) is 11.3. The first-order valence-corrected chi connectivity index (χ1v) is 14.8. The van der Waals surface area contributed by atoms with Gasteiger partial charge in [-0.25, -0.2) is 4.79 Å². The monoisotopic (exact) mass is 574 g/mol. The summed E-state index contributed by atoms with van der Waals surface area (Å²) < 4.78 is 13.1. The number of thiophene rings is 1. The van der Waals surface area contributed by atoms with E-state index in [4.69, 9.17) is 21.1 Å². The molecule has 0 spiro atoms. The summed E-state index contributed by atoms with van der Waals surface area (Å²) in [5.74, 6) is 0.810. The molecule has 2 aromatic heterocycles. The zero-order chi connectivity index (χ0) is 27.1. The fourth-order valence-corrected chi connectivity index (χ4v) is 6.42. The van der Waals surface area contributed by atoms with Crippen LogP contribution in [0.1, 0.15) is 58.4 Å². The van der Waals surface area contributed by atoms with Gasteiger partial charge in [0.2, 0.25) is 5.91 Å². The van der Waals surface area contributed by atoms with Crippen LogP contribution in [0.5, 0.6) is 5.75 Å². The second kappa shape index (κ2) is 13.3. The van der Waals surface area contributed by atoms with E-state index >= 15 is 0 Å². The summed E-state index contributed by atoms with van der Waals surface area (Å²) in [6.07, 6.45) is 6.75. The van der Waals surface area contributed by atoms with Crippen LogP contribution in [0.25, 0.3) is 0 Å². The molecule has 4 rings (SSSR count).